The van der Waals surface area contributed by atoms with E-state index in [4.69, 9.17) is 15.2 Å². The fourth-order valence-corrected chi connectivity index (χ4v) is 1.60. The molecule has 0 unspecified atom stereocenters. The van der Waals surface area contributed by atoms with Crippen molar-refractivity contribution in [3.05, 3.63) is 18.2 Å². The summed E-state index contributed by atoms with van der Waals surface area (Å²) in [6, 6.07) is 5.57. The van der Waals surface area contributed by atoms with Gasteiger partial charge in [0.15, 0.2) is 0 Å². The summed E-state index contributed by atoms with van der Waals surface area (Å²) in [4.78, 5) is 0. The van der Waals surface area contributed by atoms with Gasteiger partial charge in [-0.2, -0.15) is 0 Å². The van der Waals surface area contributed by atoms with Crippen molar-refractivity contribution < 1.29 is 9.47 Å². The standard InChI is InChI=1S/C14H23NO2/c1-3-5-6-7-10-17-12-8-9-13(15)14(11-12)16-4-2/h8-9,11H,3-7,10,15H2,1-2H3. The van der Waals surface area contributed by atoms with Gasteiger partial charge in [0.1, 0.15) is 11.5 Å². The van der Waals surface area contributed by atoms with E-state index in [1.165, 1.54) is 19.3 Å². The molecule has 0 aliphatic heterocycles. The van der Waals surface area contributed by atoms with E-state index in [1.807, 2.05) is 25.1 Å². The van der Waals surface area contributed by atoms with E-state index in [9.17, 15) is 0 Å². The van der Waals surface area contributed by atoms with Crippen LogP contribution in [0.2, 0.25) is 0 Å². The molecule has 0 saturated heterocycles. The van der Waals surface area contributed by atoms with Crippen molar-refractivity contribution in [3.63, 3.8) is 0 Å². The molecule has 0 aliphatic rings. The molecule has 0 saturated carbocycles. The second kappa shape index (κ2) is 7.82. The number of benzene rings is 1. The molecule has 0 fully saturated rings. The quantitative estimate of drug-likeness (QED) is 0.554. The lowest BCUT2D eigenvalue weighted by molar-refractivity contribution is 0.299. The van der Waals surface area contributed by atoms with Gasteiger partial charge in [-0.1, -0.05) is 26.2 Å². The summed E-state index contributed by atoms with van der Waals surface area (Å²) in [5, 5.41) is 0. The molecule has 0 spiro atoms. The van der Waals surface area contributed by atoms with Crippen LogP contribution < -0.4 is 15.2 Å². The molecular formula is C14H23NO2. The molecule has 2 N–H and O–H groups in total. The third kappa shape index (κ3) is 4.98. The summed E-state index contributed by atoms with van der Waals surface area (Å²) in [5.41, 5.74) is 6.45. The van der Waals surface area contributed by atoms with Crippen molar-refractivity contribution in [1.82, 2.24) is 0 Å². The smallest absolute Gasteiger partial charge is 0.145 e. The van der Waals surface area contributed by atoms with Crippen molar-refractivity contribution in [2.45, 2.75) is 39.5 Å². The molecule has 96 valence electrons. The van der Waals surface area contributed by atoms with Crippen LogP contribution in [-0.2, 0) is 0 Å². The second-order valence-corrected chi connectivity index (χ2v) is 4.04. The number of ether oxygens (including phenoxy) is 2. The summed E-state index contributed by atoms with van der Waals surface area (Å²) in [6.07, 6.45) is 4.84. The third-order valence-corrected chi connectivity index (χ3v) is 2.55. The van der Waals surface area contributed by atoms with Gasteiger partial charge in [0, 0.05) is 6.07 Å². The predicted octanol–water partition coefficient (Wildman–Crippen LogP) is 3.63. The van der Waals surface area contributed by atoms with Gasteiger partial charge in [0.25, 0.3) is 0 Å². The fourth-order valence-electron chi connectivity index (χ4n) is 1.60. The first-order valence-corrected chi connectivity index (χ1v) is 6.43. The van der Waals surface area contributed by atoms with E-state index < -0.39 is 0 Å². The van der Waals surface area contributed by atoms with Crippen molar-refractivity contribution in [2.24, 2.45) is 0 Å². The number of nitrogen functional groups attached to an aromatic ring is 1. The van der Waals surface area contributed by atoms with Crippen LogP contribution in [0.15, 0.2) is 18.2 Å². The van der Waals surface area contributed by atoms with Crippen LogP contribution in [0, 0.1) is 0 Å². The van der Waals surface area contributed by atoms with Crippen molar-refractivity contribution in [1.29, 1.82) is 0 Å². The molecule has 0 aliphatic carbocycles. The van der Waals surface area contributed by atoms with Gasteiger partial charge in [-0.25, -0.2) is 0 Å². The van der Waals surface area contributed by atoms with Gasteiger partial charge in [-0.3, -0.25) is 0 Å². The number of anilines is 1. The molecule has 0 bridgehead atoms. The minimum Gasteiger partial charge on any atom is -0.493 e. The van der Waals surface area contributed by atoms with Crippen molar-refractivity contribution in [2.75, 3.05) is 18.9 Å². The highest BCUT2D eigenvalue weighted by atomic mass is 16.5. The van der Waals surface area contributed by atoms with Crippen LogP contribution in [0.1, 0.15) is 39.5 Å². The van der Waals surface area contributed by atoms with Gasteiger partial charge < -0.3 is 15.2 Å². The van der Waals surface area contributed by atoms with Gasteiger partial charge in [0.05, 0.1) is 18.9 Å². The Morgan fingerprint density at radius 1 is 1.06 bits per heavy atom. The Hall–Kier alpha value is -1.38. The Labute approximate surface area is 104 Å². The second-order valence-electron chi connectivity index (χ2n) is 4.04. The van der Waals surface area contributed by atoms with Crippen LogP contribution in [-0.4, -0.2) is 13.2 Å². The van der Waals surface area contributed by atoms with E-state index >= 15 is 0 Å². The number of rotatable bonds is 8. The molecule has 0 amide bonds. The Morgan fingerprint density at radius 3 is 2.59 bits per heavy atom. The highest BCUT2D eigenvalue weighted by Gasteiger charge is 2.02. The number of hydrogen-bond donors (Lipinski definition) is 1. The van der Waals surface area contributed by atoms with E-state index in [-0.39, 0.29) is 0 Å². The topological polar surface area (TPSA) is 44.5 Å². The molecule has 3 heteroatoms. The van der Waals surface area contributed by atoms with E-state index in [1.54, 1.807) is 0 Å². The van der Waals surface area contributed by atoms with Crippen LogP contribution in [0.5, 0.6) is 11.5 Å². The largest absolute Gasteiger partial charge is 0.493 e. The van der Waals surface area contributed by atoms with Crippen molar-refractivity contribution in [3.8, 4) is 11.5 Å². The normalized spacial score (nSPS) is 10.2. The zero-order valence-corrected chi connectivity index (χ0v) is 10.9. The average molecular weight is 237 g/mol. The van der Waals surface area contributed by atoms with Crippen LogP contribution >= 0.6 is 0 Å². The lowest BCUT2D eigenvalue weighted by Crippen LogP contribution is -2.00. The van der Waals surface area contributed by atoms with Gasteiger partial charge in [-0.15, -0.1) is 0 Å². The molecule has 3 nitrogen and oxygen atoms in total. The first-order valence-electron chi connectivity index (χ1n) is 6.43. The maximum absolute atomic E-state index is 5.79. The van der Waals surface area contributed by atoms with Gasteiger partial charge in [-0.05, 0) is 25.5 Å². The predicted molar refractivity (Wildman–Crippen MR) is 71.7 cm³/mol. The highest BCUT2D eigenvalue weighted by molar-refractivity contribution is 5.55. The number of unbranched alkanes of at least 4 members (excludes halogenated alkanes) is 3. The average Bonchev–Trinajstić information content (AvgIpc) is 2.33. The van der Waals surface area contributed by atoms with E-state index in [0.29, 0.717) is 18.0 Å². The summed E-state index contributed by atoms with van der Waals surface area (Å²) >= 11 is 0. The van der Waals surface area contributed by atoms with E-state index in [2.05, 4.69) is 6.92 Å². The number of hydrogen-bond acceptors (Lipinski definition) is 3. The third-order valence-electron chi connectivity index (χ3n) is 2.55. The zero-order valence-electron chi connectivity index (χ0n) is 10.9. The Kier molecular flexibility index (Phi) is 6.30. The van der Waals surface area contributed by atoms with Gasteiger partial charge in [0.2, 0.25) is 0 Å². The summed E-state index contributed by atoms with van der Waals surface area (Å²) < 4.78 is 11.1. The van der Waals surface area contributed by atoms with Crippen molar-refractivity contribution >= 4 is 5.69 Å². The fraction of sp³-hybridized carbons (Fsp3) is 0.571. The molecule has 1 aromatic carbocycles. The molecule has 0 atom stereocenters. The minimum atomic E-state index is 0.615. The summed E-state index contributed by atoms with van der Waals surface area (Å²) in [5.74, 6) is 1.54. The lowest BCUT2D eigenvalue weighted by Gasteiger charge is -2.10. The minimum absolute atomic E-state index is 0.615. The Bertz CT molecular complexity index is 326. The summed E-state index contributed by atoms with van der Waals surface area (Å²) in [6.45, 7) is 5.52. The first kappa shape index (κ1) is 13.7. The van der Waals surface area contributed by atoms with Crippen LogP contribution in [0.3, 0.4) is 0 Å². The number of nitrogens with two attached hydrogens (primary N) is 1. The van der Waals surface area contributed by atoms with E-state index in [0.717, 1.165) is 18.8 Å². The van der Waals surface area contributed by atoms with Crippen LogP contribution in [0.25, 0.3) is 0 Å². The molecule has 0 radical (unpaired) electrons. The molecule has 1 aromatic rings. The molecule has 17 heavy (non-hydrogen) atoms. The SMILES string of the molecule is CCCCCCOc1ccc(N)c(OCC)c1. The first-order chi connectivity index (χ1) is 8.27. The monoisotopic (exact) mass is 237 g/mol. The Morgan fingerprint density at radius 2 is 1.88 bits per heavy atom. The molecule has 1 rings (SSSR count). The lowest BCUT2D eigenvalue weighted by atomic mass is 10.2. The zero-order chi connectivity index (χ0) is 12.5. The van der Waals surface area contributed by atoms with Gasteiger partial charge >= 0.3 is 0 Å². The maximum atomic E-state index is 5.79. The maximum Gasteiger partial charge on any atom is 0.145 e. The molecular weight excluding hydrogens is 214 g/mol. The molecule has 0 heterocycles. The highest BCUT2D eigenvalue weighted by Crippen LogP contribution is 2.26. The summed E-state index contributed by atoms with van der Waals surface area (Å²) in [7, 11) is 0. The Balaban J connectivity index is 2.40. The molecule has 0 aromatic heterocycles. The van der Waals surface area contributed by atoms with Crippen LogP contribution in [0.4, 0.5) is 5.69 Å².